The summed E-state index contributed by atoms with van der Waals surface area (Å²) in [6, 6.07) is 0. The van der Waals surface area contributed by atoms with E-state index in [1.165, 1.54) is 0 Å². The first kappa shape index (κ1) is 35.7. The Bertz CT molecular complexity index is 1120. The lowest BCUT2D eigenvalue weighted by molar-refractivity contribution is -0.301. The van der Waals surface area contributed by atoms with Gasteiger partial charge in [-0.2, -0.15) is 0 Å². The van der Waals surface area contributed by atoms with E-state index in [9.17, 15) is 47.9 Å². The maximum Gasteiger partial charge on any atom is 0.315 e. The van der Waals surface area contributed by atoms with Crippen LogP contribution in [0.2, 0.25) is 0 Å². The third-order valence-corrected chi connectivity index (χ3v) is 5.02. The van der Waals surface area contributed by atoms with Gasteiger partial charge in [0.25, 0.3) is 0 Å². The summed E-state index contributed by atoms with van der Waals surface area (Å²) in [5.74, 6) is -8.94. The lowest BCUT2D eigenvalue weighted by Crippen LogP contribution is -2.63. The van der Waals surface area contributed by atoms with Crippen LogP contribution in [0, 0.1) is 0 Å². The van der Waals surface area contributed by atoms with Crippen molar-refractivity contribution < 1.29 is 76.4 Å². The summed E-state index contributed by atoms with van der Waals surface area (Å²) >= 11 is 0. The fourth-order valence-corrected chi connectivity index (χ4v) is 3.50. The first-order chi connectivity index (χ1) is 19.5. The Hall–Kier alpha value is -4.34. The minimum Gasteiger partial charge on any atom is -0.462 e. The van der Waals surface area contributed by atoms with Gasteiger partial charge in [0.05, 0.1) is 0 Å². The number of hydrogen-bond acceptors (Lipinski definition) is 16. The predicted octanol–water partition coefficient (Wildman–Crippen LogP) is -0.571. The number of hydrogen-bond donors (Lipinski definition) is 0. The van der Waals surface area contributed by atoms with Gasteiger partial charge in [0.2, 0.25) is 12.4 Å². The van der Waals surface area contributed by atoms with Crippen molar-refractivity contribution in [3.05, 3.63) is 0 Å². The molecule has 0 aliphatic carbocycles. The van der Waals surface area contributed by atoms with Crippen LogP contribution < -0.4 is 0 Å². The van der Waals surface area contributed by atoms with E-state index >= 15 is 0 Å². The van der Waals surface area contributed by atoms with Crippen LogP contribution in [0.1, 0.15) is 66.7 Å². The van der Waals surface area contributed by atoms with E-state index in [1.54, 1.807) is 0 Å². The molecule has 0 aromatic heterocycles. The molecule has 0 saturated carbocycles. The average molecular weight is 601 g/mol. The van der Waals surface area contributed by atoms with Gasteiger partial charge in [0.15, 0.2) is 12.2 Å². The average Bonchev–Trinajstić information content (AvgIpc) is 2.79. The van der Waals surface area contributed by atoms with Crippen molar-refractivity contribution >= 4 is 58.8 Å². The summed E-state index contributed by atoms with van der Waals surface area (Å²) in [7, 11) is 0. The Kier molecular flexibility index (Phi) is 14.3. The molecule has 1 fully saturated rings. The first-order valence-corrected chi connectivity index (χ1v) is 12.5. The van der Waals surface area contributed by atoms with Crippen LogP contribution in [-0.4, -0.2) is 96.1 Å². The van der Waals surface area contributed by atoms with Crippen molar-refractivity contribution in [2.45, 2.75) is 97.4 Å². The topological polar surface area (TPSA) is 226 Å². The van der Waals surface area contributed by atoms with Gasteiger partial charge in [-0.1, -0.05) is 0 Å². The molecule has 5 atom stereocenters. The standard InChI is InChI=1S/C26H32O16/c1-12(27)6-18(32)37-11-17-23(39-19(33)7-13(2)28)24(40-20(34)8-14(3)29)25(41-21(35)9-15(4)30)26(38-17)42-22(36)10-16(5)31/h17,23-26H,6-11H2,1-5H3/t17-,23-,24+,25-,26-/m1/s1. The molecule has 1 heterocycles. The van der Waals surface area contributed by atoms with Crippen molar-refractivity contribution in [3.63, 3.8) is 0 Å². The van der Waals surface area contributed by atoms with E-state index in [0.717, 1.165) is 34.6 Å². The van der Waals surface area contributed by atoms with Gasteiger partial charge in [0.1, 0.15) is 73.7 Å². The maximum absolute atomic E-state index is 12.6. The molecule has 1 aliphatic rings. The molecule has 0 bridgehead atoms. The van der Waals surface area contributed by atoms with Gasteiger partial charge >= 0.3 is 29.8 Å². The van der Waals surface area contributed by atoms with E-state index in [1.807, 2.05) is 0 Å². The number of ether oxygens (including phenoxy) is 6. The zero-order valence-electron chi connectivity index (χ0n) is 23.7. The highest BCUT2D eigenvalue weighted by Gasteiger charge is 2.54. The molecule has 1 aliphatic heterocycles. The summed E-state index contributed by atoms with van der Waals surface area (Å²) < 4.78 is 31.6. The summed E-state index contributed by atoms with van der Waals surface area (Å²) in [5.41, 5.74) is 0. The molecule has 0 N–H and O–H groups in total. The van der Waals surface area contributed by atoms with Crippen LogP contribution in [-0.2, 0) is 76.4 Å². The van der Waals surface area contributed by atoms with Gasteiger partial charge in [-0.25, -0.2) is 0 Å². The second kappa shape index (κ2) is 16.8. The fourth-order valence-electron chi connectivity index (χ4n) is 3.50. The normalized spacial score (nSPS) is 21.2. The number of esters is 5. The highest BCUT2D eigenvalue weighted by molar-refractivity contribution is 5.96. The third-order valence-electron chi connectivity index (χ3n) is 5.02. The van der Waals surface area contributed by atoms with Gasteiger partial charge in [-0.15, -0.1) is 0 Å². The van der Waals surface area contributed by atoms with Crippen LogP contribution >= 0.6 is 0 Å². The highest BCUT2D eigenvalue weighted by atomic mass is 16.7. The summed E-state index contributed by atoms with van der Waals surface area (Å²) in [6.45, 7) is 4.57. The Morgan fingerprint density at radius 1 is 0.452 bits per heavy atom. The zero-order chi connectivity index (χ0) is 32.1. The molecule has 16 heteroatoms. The number of rotatable bonds is 16. The monoisotopic (exact) mass is 600 g/mol. The third kappa shape index (κ3) is 13.3. The molecule has 232 valence electrons. The smallest absolute Gasteiger partial charge is 0.315 e. The summed E-state index contributed by atoms with van der Waals surface area (Å²) in [6.07, 6.45) is -13.1. The zero-order valence-corrected chi connectivity index (χ0v) is 23.7. The van der Waals surface area contributed by atoms with Crippen molar-refractivity contribution in [2.24, 2.45) is 0 Å². The van der Waals surface area contributed by atoms with Gasteiger partial charge in [0, 0.05) is 0 Å². The Labute approximate surface area is 239 Å². The maximum atomic E-state index is 12.6. The Morgan fingerprint density at radius 2 is 0.786 bits per heavy atom. The van der Waals surface area contributed by atoms with Crippen LogP contribution in [0.4, 0.5) is 0 Å². The van der Waals surface area contributed by atoms with E-state index in [4.69, 9.17) is 28.4 Å². The molecule has 0 unspecified atom stereocenters. The molecule has 1 saturated heterocycles. The minimum atomic E-state index is -2.00. The molecule has 0 spiro atoms. The molecule has 0 amide bonds. The van der Waals surface area contributed by atoms with Crippen LogP contribution in [0.15, 0.2) is 0 Å². The predicted molar refractivity (Wildman–Crippen MR) is 132 cm³/mol. The van der Waals surface area contributed by atoms with Crippen LogP contribution in [0.25, 0.3) is 0 Å². The van der Waals surface area contributed by atoms with Crippen LogP contribution in [0.3, 0.4) is 0 Å². The molecule has 42 heavy (non-hydrogen) atoms. The van der Waals surface area contributed by atoms with Crippen LogP contribution in [0.5, 0.6) is 0 Å². The van der Waals surface area contributed by atoms with E-state index in [0.29, 0.717) is 0 Å². The molecule has 0 aromatic rings. The quantitative estimate of drug-likeness (QED) is 0.123. The lowest BCUT2D eigenvalue weighted by atomic mass is 9.97. The van der Waals surface area contributed by atoms with Gasteiger partial charge in [-0.05, 0) is 34.6 Å². The summed E-state index contributed by atoms with van der Waals surface area (Å²) in [4.78, 5) is 119. The Balaban J connectivity index is 3.63. The van der Waals surface area contributed by atoms with Crippen molar-refractivity contribution in [3.8, 4) is 0 Å². The number of carbonyl (C=O) groups excluding carboxylic acids is 10. The lowest BCUT2D eigenvalue weighted by Gasteiger charge is -2.43. The second-order valence-corrected chi connectivity index (χ2v) is 9.47. The van der Waals surface area contributed by atoms with E-state index < -0.39 is 128 Å². The largest absolute Gasteiger partial charge is 0.462 e. The first-order valence-electron chi connectivity index (χ1n) is 12.5. The van der Waals surface area contributed by atoms with Gasteiger partial charge in [-0.3, -0.25) is 47.9 Å². The number of Topliss-reactive ketones (excluding diaryl/α,β-unsaturated/α-hetero) is 5. The number of carbonyl (C=O) groups is 10. The molecular weight excluding hydrogens is 568 g/mol. The van der Waals surface area contributed by atoms with Gasteiger partial charge < -0.3 is 28.4 Å². The molecule has 1 rings (SSSR count). The molecular formula is C26H32O16. The second-order valence-electron chi connectivity index (χ2n) is 9.47. The fraction of sp³-hybridized carbons (Fsp3) is 0.615. The molecule has 16 nitrogen and oxygen atoms in total. The molecule has 0 radical (unpaired) electrons. The van der Waals surface area contributed by atoms with Crippen molar-refractivity contribution in [1.29, 1.82) is 0 Å². The highest BCUT2D eigenvalue weighted by Crippen LogP contribution is 2.31. The Morgan fingerprint density at radius 3 is 1.19 bits per heavy atom. The van der Waals surface area contributed by atoms with E-state index in [-0.39, 0.29) is 0 Å². The van der Waals surface area contributed by atoms with Crippen molar-refractivity contribution in [2.75, 3.05) is 6.61 Å². The van der Waals surface area contributed by atoms with E-state index in [2.05, 4.69) is 0 Å². The van der Waals surface area contributed by atoms with Crippen molar-refractivity contribution in [1.82, 2.24) is 0 Å². The minimum absolute atomic E-state index is 0.557. The molecule has 0 aromatic carbocycles. The number of ketones is 5. The SMILES string of the molecule is CC(=O)CC(=O)OC[C@H]1O[C@H](OC(=O)CC(C)=O)[C@H](OC(=O)CC(C)=O)[C@@H](OC(=O)CC(C)=O)[C@@H]1OC(=O)CC(C)=O. The summed E-state index contributed by atoms with van der Waals surface area (Å²) in [5, 5.41) is 0.